The Morgan fingerprint density at radius 3 is 1.06 bits per heavy atom. The van der Waals surface area contributed by atoms with Crippen LogP contribution in [0.5, 0.6) is 0 Å². The highest BCUT2D eigenvalue weighted by molar-refractivity contribution is 5.83. The van der Waals surface area contributed by atoms with Crippen LogP contribution in [0.1, 0.15) is 29.2 Å². The number of benzene rings is 7. The summed E-state index contributed by atoms with van der Waals surface area (Å²) in [6, 6.07) is 61.3. The molecular formula is C47H42N2. The molecule has 7 rings (SSSR count). The van der Waals surface area contributed by atoms with Gasteiger partial charge in [0.15, 0.2) is 0 Å². The maximum atomic E-state index is 2.39. The molecule has 0 bridgehead atoms. The molecule has 0 radical (unpaired) electrons. The van der Waals surface area contributed by atoms with Crippen LogP contribution in [0.2, 0.25) is 0 Å². The molecule has 49 heavy (non-hydrogen) atoms. The van der Waals surface area contributed by atoms with Crippen molar-refractivity contribution in [3.05, 3.63) is 192 Å². The molecule has 0 heterocycles. The van der Waals surface area contributed by atoms with E-state index in [9.17, 15) is 0 Å². The van der Waals surface area contributed by atoms with E-state index in [0.29, 0.717) is 0 Å². The highest BCUT2D eigenvalue weighted by Crippen LogP contribution is 2.41. The Morgan fingerprint density at radius 1 is 0.327 bits per heavy atom. The number of anilines is 6. The summed E-state index contributed by atoms with van der Waals surface area (Å²) >= 11 is 0. The first-order chi connectivity index (χ1) is 24.0. The summed E-state index contributed by atoms with van der Waals surface area (Å²) in [5.74, 6) is 0. The molecule has 0 aliphatic rings. The van der Waals surface area contributed by atoms with E-state index in [1.165, 1.54) is 55.9 Å². The van der Waals surface area contributed by atoms with Gasteiger partial charge in [-0.3, -0.25) is 0 Å². The van der Waals surface area contributed by atoms with Gasteiger partial charge >= 0.3 is 0 Å². The van der Waals surface area contributed by atoms with Crippen LogP contribution in [-0.4, -0.2) is 0 Å². The minimum absolute atomic E-state index is 0.977. The smallest absolute Gasteiger partial charge is 0.0522 e. The molecule has 0 N–H and O–H groups in total. The molecule has 0 aromatic heterocycles. The molecule has 0 aliphatic heterocycles. The van der Waals surface area contributed by atoms with Crippen molar-refractivity contribution in [2.45, 2.75) is 34.1 Å². The average Bonchev–Trinajstić information content (AvgIpc) is 3.15. The van der Waals surface area contributed by atoms with E-state index in [1.807, 2.05) is 0 Å². The van der Waals surface area contributed by atoms with Gasteiger partial charge in [-0.25, -0.2) is 0 Å². The zero-order valence-corrected chi connectivity index (χ0v) is 28.8. The lowest BCUT2D eigenvalue weighted by Gasteiger charge is -2.29. The van der Waals surface area contributed by atoms with Crippen molar-refractivity contribution in [1.29, 1.82) is 0 Å². The molecule has 2 heteroatoms. The van der Waals surface area contributed by atoms with Gasteiger partial charge < -0.3 is 9.80 Å². The summed E-state index contributed by atoms with van der Waals surface area (Å²) in [6.07, 6.45) is 0.977. The number of hydrogen-bond donors (Lipinski definition) is 0. The van der Waals surface area contributed by atoms with Crippen LogP contribution in [0.15, 0.2) is 170 Å². The van der Waals surface area contributed by atoms with E-state index >= 15 is 0 Å². The first kappa shape index (κ1) is 31.7. The lowest BCUT2D eigenvalue weighted by Crippen LogP contribution is -2.13. The van der Waals surface area contributed by atoms with Gasteiger partial charge in [-0.15, -0.1) is 0 Å². The van der Waals surface area contributed by atoms with E-state index in [1.54, 1.807) is 0 Å². The molecule has 0 aliphatic carbocycles. The van der Waals surface area contributed by atoms with E-state index < -0.39 is 0 Å². The topological polar surface area (TPSA) is 6.48 Å². The lowest BCUT2D eigenvalue weighted by molar-refractivity contribution is 1.10. The average molecular weight is 635 g/mol. The van der Waals surface area contributed by atoms with Crippen molar-refractivity contribution in [1.82, 2.24) is 0 Å². The summed E-state index contributed by atoms with van der Waals surface area (Å²) < 4.78 is 0. The Labute approximate surface area is 291 Å². The van der Waals surface area contributed by atoms with Gasteiger partial charge in [0.05, 0.1) is 11.4 Å². The quantitative estimate of drug-likeness (QED) is 0.156. The van der Waals surface area contributed by atoms with Crippen LogP contribution >= 0.6 is 0 Å². The first-order valence-electron chi connectivity index (χ1n) is 17.2. The number of nitrogens with zero attached hydrogens (tertiary/aromatic N) is 2. The number of aryl methyl sites for hydroxylation is 4. The van der Waals surface area contributed by atoms with E-state index in [-0.39, 0.29) is 0 Å². The van der Waals surface area contributed by atoms with E-state index in [2.05, 4.69) is 207 Å². The zero-order chi connectivity index (χ0) is 33.7. The molecule has 0 fully saturated rings. The third-order valence-corrected chi connectivity index (χ3v) is 9.42. The lowest BCUT2D eigenvalue weighted by atomic mass is 9.99. The SMILES string of the molecule is CCc1cccc(C)c1N(c1ccccc1)c1ccc(-c2ccc(-c3ccc(N(c4ccccc4)c4c(C)cccc4C)cc3)cc2)cc1. The fourth-order valence-electron chi connectivity index (χ4n) is 6.91. The third kappa shape index (κ3) is 6.51. The van der Waals surface area contributed by atoms with Crippen LogP contribution in [0, 0.1) is 20.8 Å². The molecule has 0 amide bonds. The van der Waals surface area contributed by atoms with Crippen molar-refractivity contribution >= 4 is 34.1 Å². The van der Waals surface area contributed by atoms with Gasteiger partial charge in [-0.1, -0.05) is 128 Å². The van der Waals surface area contributed by atoms with Crippen LogP contribution in [0.3, 0.4) is 0 Å². The maximum absolute atomic E-state index is 2.39. The highest BCUT2D eigenvalue weighted by Gasteiger charge is 2.18. The molecule has 240 valence electrons. The predicted molar refractivity (Wildman–Crippen MR) is 210 cm³/mol. The van der Waals surface area contributed by atoms with Crippen LogP contribution in [0.25, 0.3) is 22.3 Å². The fourth-order valence-corrected chi connectivity index (χ4v) is 6.91. The van der Waals surface area contributed by atoms with Crippen LogP contribution < -0.4 is 9.80 Å². The molecule has 2 nitrogen and oxygen atoms in total. The highest BCUT2D eigenvalue weighted by atomic mass is 15.2. The second kappa shape index (κ2) is 14.1. The number of hydrogen-bond acceptors (Lipinski definition) is 2. The van der Waals surface area contributed by atoms with Gasteiger partial charge in [0, 0.05) is 22.7 Å². The molecule has 7 aromatic rings. The van der Waals surface area contributed by atoms with Crippen molar-refractivity contribution in [2.24, 2.45) is 0 Å². The Bertz CT molecular complexity index is 2130. The minimum atomic E-state index is 0.977. The van der Waals surface area contributed by atoms with Crippen molar-refractivity contribution in [3.8, 4) is 22.3 Å². The maximum Gasteiger partial charge on any atom is 0.0522 e. The standard InChI is InChI=1S/C47H42N2/c1-5-37-17-13-16-36(4)47(37)49(43-20-10-7-11-21-43)45-32-28-41(29-33-45)39-24-22-38(23-25-39)40-26-30-44(31-27-40)48(42-18-8-6-9-19-42)46-34(2)14-12-15-35(46)3/h6-33H,5H2,1-4H3. The van der Waals surface area contributed by atoms with Crippen LogP contribution in [0.4, 0.5) is 34.1 Å². The first-order valence-corrected chi connectivity index (χ1v) is 17.2. The number of rotatable bonds is 9. The van der Waals surface area contributed by atoms with Gasteiger partial charge in [0.1, 0.15) is 0 Å². The van der Waals surface area contributed by atoms with Crippen molar-refractivity contribution in [2.75, 3.05) is 9.80 Å². The third-order valence-electron chi connectivity index (χ3n) is 9.42. The normalized spacial score (nSPS) is 10.9. The van der Waals surface area contributed by atoms with Crippen molar-refractivity contribution in [3.63, 3.8) is 0 Å². The van der Waals surface area contributed by atoms with E-state index in [0.717, 1.165) is 29.2 Å². The molecule has 0 saturated heterocycles. The second-order valence-electron chi connectivity index (χ2n) is 12.7. The molecule has 7 aromatic carbocycles. The number of para-hydroxylation sites is 4. The Balaban J connectivity index is 1.16. The second-order valence-corrected chi connectivity index (χ2v) is 12.7. The minimum Gasteiger partial charge on any atom is -0.310 e. The van der Waals surface area contributed by atoms with Crippen LogP contribution in [-0.2, 0) is 6.42 Å². The van der Waals surface area contributed by atoms with Gasteiger partial charge in [-0.05, 0) is 120 Å². The van der Waals surface area contributed by atoms with Gasteiger partial charge in [-0.2, -0.15) is 0 Å². The molecular weight excluding hydrogens is 593 g/mol. The molecule has 0 spiro atoms. The summed E-state index contributed by atoms with van der Waals surface area (Å²) in [6.45, 7) is 8.81. The summed E-state index contributed by atoms with van der Waals surface area (Å²) in [7, 11) is 0. The Morgan fingerprint density at radius 2 is 0.653 bits per heavy atom. The van der Waals surface area contributed by atoms with Crippen molar-refractivity contribution < 1.29 is 0 Å². The fraction of sp³-hybridized carbons (Fsp3) is 0.106. The summed E-state index contributed by atoms with van der Waals surface area (Å²) in [5.41, 5.74) is 17.0. The van der Waals surface area contributed by atoms with E-state index in [4.69, 9.17) is 0 Å². The molecule has 0 atom stereocenters. The predicted octanol–water partition coefficient (Wildman–Crippen LogP) is 13.4. The largest absolute Gasteiger partial charge is 0.310 e. The zero-order valence-electron chi connectivity index (χ0n) is 28.8. The Hall–Kier alpha value is -5.86. The molecule has 0 saturated carbocycles. The monoisotopic (exact) mass is 634 g/mol. The summed E-state index contributed by atoms with van der Waals surface area (Å²) in [5, 5.41) is 0. The van der Waals surface area contributed by atoms with Gasteiger partial charge in [0.2, 0.25) is 0 Å². The Kier molecular flexibility index (Phi) is 9.12. The van der Waals surface area contributed by atoms with Gasteiger partial charge in [0.25, 0.3) is 0 Å². The molecule has 0 unspecified atom stereocenters. The summed E-state index contributed by atoms with van der Waals surface area (Å²) in [4.78, 5) is 4.76.